The first-order valence-corrected chi connectivity index (χ1v) is 7.47. The average molecular weight is 289 g/mol. The number of para-hydroxylation sites is 1. The van der Waals surface area contributed by atoms with E-state index >= 15 is 0 Å². The molecule has 0 spiro atoms. The standard InChI is InChI=1S/C16H23N3O2/c1-3-9-18(11-15(20)17-2)12-16(21)19-10-8-13-6-4-5-7-14(13)19/h4-7H,3,8-12H2,1-2H3,(H,17,20). The van der Waals surface area contributed by atoms with Crippen LogP contribution in [0.5, 0.6) is 0 Å². The molecule has 21 heavy (non-hydrogen) atoms. The minimum atomic E-state index is -0.0573. The number of rotatable bonds is 6. The van der Waals surface area contributed by atoms with Crippen molar-refractivity contribution in [3.8, 4) is 0 Å². The monoisotopic (exact) mass is 289 g/mol. The van der Waals surface area contributed by atoms with Gasteiger partial charge in [-0.3, -0.25) is 14.5 Å². The summed E-state index contributed by atoms with van der Waals surface area (Å²) in [6.07, 6.45) is 1.83. The Kier molecular flexibility index (Phi) is 5.33. The third-order valence-corrected chi connectivity index (χ3v) is 3.73. The summed E-state index contributed by atoms with van der Waals surface area (Å²) >= 11 is 0. The van der Waals surface area contributed by atoms with Crippen LogP contribution in [-0.4, -0.2) is 49.9 Å². The molecule has 1 aliphatic heterocycles. The number of benzene rings is 1. The normalized spacial score (nSPS) is 13.4. The molecule has 5 nitrogen and oxygen atoms in total. The van der Waals surface area contributed by atoms with Gasteiger partial charge >= 0.3 is 0 Å². The van der Waals surface area contributed by atoms with Crippen molar-refractivity contribution in [2.75, 3.05) is 38.1 Å². The number of carbonyl (C=O) groups excluding carboxylic acids is 2. The Morgan fingerprint density at radius 3 is 2.76 bits per heavy atom. The summed E-state index contributed by atoms with van der Waals surface area (Å²) in [5, 5.41) is 2.61. The minimum absolute atomic E-state index is 0.0573. The van der Waals surface area contributed by atoms with Crippen LogP contribution in [0, 0.1) is 0 Å². The zero-order valence-corrected chi connectivity index (χ0v) is 12.8. The van der Waals surface area contributed by atoms with Crippen molar-refractivity contribution >= 4 is 17.5 Å². The van der Waals surface area contributed by atoms with Crippen molar-refractivity contribution < 1.29 is 9.59 Å². The van der Waals surface area contributed by atoms with Crippen molar-refractivity contribution in [1.82, 2.24) is 10.2 Å². The number of nitrogens with one attached hydrogen (secondary N) is 1. The van der Waals surface area contributed by atoms with Crippen LogP contribution < -0.4 is 10.2 Å². The highest BCUT2D eigenvalue weighted by molar-refractivity contribution is 5.97. The maximum atomic E-state index is 12.5. The van der Waals surface area contributed by atoms with Crippen LogP contribution in [0.2, 0.25) is 0 Å². The molecule has 0 aliphatic carbocycles. The molecule has 2 rings (SSSR count). The number of anilines is 1. The Balaban J connectivity index is 2.01. The molecule has 1 aliphatic rings. The zero-order valence-electron chi connectivity index (χ0n) is 12.8. The predicted octanol–water partition coefficient (Wildman–Crippen LogP) is 1.03. The van der Waals surface area contributed by atoms with Crippen LogP contribution in [0.15, 0.2) is 24.3 Å². The van der Waals surface area contributed by atoms with Crippen LogP contribution >= 0.6 is 0 Å². The van der Waals surface area contributed by atoms with Crippen molar-refractivity contribution in [2.24, 2.45) is 0 Å². The van der Waals surface area contributed by atoms with Crippen molar-refractivity contribution in [1.29, 1.82) is 0 Å². The second-order valence-electron chi connectivity index (χ2n) is 5.31. The van der Waals surface area contributed by atoms with E-state index in [0.29, 0.717) is 0 Å². The lowest BCUT2D eigenvalue weighted by Gasteiger charge is -2.24. The van der Waals surface area contributed by atoms with E-state index in [-0.39, 0.29) is 24.9 Å². The fraction of sp³-hybridized carbons (Fsp3) is 0.500. The minimum Gasteiger partial charge on any atom is -0.358 e. The number of likely N-dealkylation sites (N-methyl/N-ethyl adjacent to an activating group) is 1. The molecule has 0 aromatic heterocycles. The molecule has 114 valence electrons. The lowest BCUT2D eigenvalue weighted by molar-refractivity contribution is -0.123. The zero-order chi connectivity index (χ0) is 15.2. The van der Waals surface area contributed by atoms with E-state index < -0.39 is 0 Å². The Bertz CT molecular complexity index is 516. The molecule has 0 unspecified atom stereocenters. The van der Waals surface area contributed by atoms with Gasteiger partial charge in [-0.2, -0.15) is 0 Å². The molecule has 1 aromatic carbocycles. The number of amides is 2. The summed E-state index contributed by atoms with van der Waals surface area (Å²) in [4.78, 5) is 27.8. The first-order chi connectivity index (χ1) is 10.2. The van der Waals surface area contributed by atoms with Crippen molar-refractivity contribution in [3.05, 3.63) is 29.8 Å². The molecule has 0 bridgehead atoms. The Morgan fingerprint density at radius 1 is 1.29 bits per heavy atom. The van der Waals surface area contributed by atoms with E-state index in [2.05, 4.69) is 11.4 Å². The lowest BCUT2D eigenvalue weighted by atomic mass is 10.2. The van der Waals surface area contributed by atoms with Gasteiger partial charge in [-0.1, -0.05) is 25.1 Å². The summed E-state index contributed by atoms with van der Waals surface area (Å²) in [6.45, 7) is 4.08. The molecule has 5 heteroatoms. The molecule has 0 atom stereocenters. The highest BCUT2D eigenvalue weighted by atomic mass is 16.2. The molecule has 2 amide bonds. The highest BCUT2D eigenvalue weighted by Crippen LogP contribution is 2.27. The highest BCUT2D eigenvalue weighted by Gasteiger charge is 2.25. The molecule has 1 N–H and O–H groups in total. The lowest BCUT2D eigenvalue weighted by Crippen LogP contribution is -2.43. The van der Waals surface area contributed by atoms with Gasteiger partial charge in [0.15, 0.2) is 0 Å². The van der Waals surface area contributed by atoms with Crippen molar-refractivity contribution in [3.63, 3.8) is 0 Å². The van der Waals surface area contributed by atoms with E-state index in [0.717, 1.165) is 31.6 Å². The van der Waals surface area contributed by atoms with Gasteiger partial charge in [-0.15, -0.1) is 0 Å². The molecular formula is C16H23N3O2. The quantitative estimate of drug-likeness (QED) is 0.851. The second-order valence-corrected chi connectivity index (χ2v) is 5.31. The largest absolute Gasteiger partial charge is 0.358 e. The van der Waals surface area contributed by atoms with Crippen LogP contribution in [0.3, 0.4) is 0 Å². The number of hydrogen-bond donors (Lipinski definition) is 1. The Hall–Kier alpha value is -1.88. The SMILES string of the molecule is CCCN(CC(=O)NC)CC(=O)N1CCc2ccccc21. The van der Waals surface area contributed by atoms with Gasteiger partial charge in [-0.05, 0) is 31.0 Å². The molecule has 0 saturated carbocycles. The molecule has 1 heterocycles. The first kappa shape index (κ1) is 15.5. The summed E-state index contributed by atoms with van der Waals surface area (Å²) < 4.78 is 0. The van der Waals surface area contributed by atoms with E-state index in [1.807, 2.05) is 34.9 Å². The van der Waals surface area contributed by atoms with Crippen LogP contribution in [0.25, 0.3) is 0 Å². The van der Waals surface area contributed by atoms with Gasteiger partial charge in [-0.25, -0.2) is 0 Å². The fourth-order valence-corrected chi connectivity index (χ4v) is 2.69. The number of carbonyl (C=O) groups is 2. The van der Waals surface area contributed by atoms with Gasteiger partial charge in [0.25, 0.3) is 0 Å². The third kappa shape index (κ3) is 3.82. The predicted molar refractivity (Wildman–Crippen MR) is 83.3 cm³/mol. The number of hydrogen-bond acceptors (Lipinski definition) is 3. The van der Waals surface area contributed by atoms with Gasteiger partial charge in [0.1, 0.15) is 0 Å². The van der Waals surface area contributed by atoms with Gasteiger partial charge < -0.3 is 10.2 Å². The smallest absolute Gasteiger partial charge is 0.241 e. The van der Waals surface area contributed by atoms with Gasteiger partial charge in [0, 0.05) is 19.3 Å². The topological polar surface area (TPSA) is 52.7 Å². The maximum absolute atomic E-state index is 12.5. The van der Waals surface area contributed by atoms with E-state index in [9.17, 15) is 9.59 Å². The van der Waals surface area contributed by atoms with Crippen LogP contribution in [0.4, 0.5) is 5.69 Å². The van der Waals surface area contributed by atoms with E-state index in [1.54, 1.807) is 7.05 Å². The Labute approximate surface area is 125 Å². The Morgan fingerprint density at radius 2 is 2.05 bits per heavy atom. The van der Waals surface area contributed by atoms with Gasteiger partial charge in [0.05, 0.1) is 13.1 Å². The summed E-state index contributed by atoms with van der Waals surface area (Å²) in [5.74, 6) is 0.00961. The second kappa shape index (κ2) is 7.22. The summed E-state index contributed by atoms with van der Waals surface area (Å²) in [7, 11) is 1.62. The summed E-state index contributed by atoms with van der Waals surface area (Å²) in [5.41, 5.74) is 2.23. The molecular weight excluding hydrogens is 266 g/mol. The number of nitrogens with zero attached hydrogens (tertiary/aromatic N) is 2. The molecule has 0 saturated heterocycles. The first-order valence-electron chi connectivity index (χ1n) is 7.47. The average Bonchev–Trinajstić information content (AvgIpc) is 2.91. The maximum Gasteiger partial charge on any atom is 0.241 e. The van der Waals surface area contributed by atoms with E-state index in [4.69, 9.17) is 0 Å². The molecule has 0 fully saturated rings. The van der Waals surface area contributed by atoms with Crippen molar-refractivity contribution in [2.45, 2.75) is 19.8 Å². The molecule has 0 radical (unpaired) electrons. The summed E-state index contributed by atoms with van der Waals surface area (Å²) in [6, 6.07) is 8.01. The van der Waals surface area contributed by atoms with E-state index in [1.165, 1.54) is 5.56 Å². The fourth-order valence-electron chi connectivity index (χ4n) is 2.69. The van der Waals surface area contributed by atoms with Crippen LogP contribution in [0.1, 0.15) is 18.9 Å². The van der Waals surface area contributed by atoms with Crippen LogP contribution in [-0.2, 0) is 16.0 Å². The third-order valence-electron chi connectivity index (χ3n) is 3.73. The number of fused-ring (bicyclic) bond motifs is 1. The van der Waals surface area contributed by atoms with Gasteiger partial charge in [0.2, 0.25) is 11.8 Å². The molecule has 1 aromatic rings.